The van der Waals surface area contributed by atoms with Crippen molar-refractivity contribution in [2.24, 2.45) is 0 Å². The smallest absolute Gasteiger partial charge is 0.257 e. The van der Waals surface area contributed by atoms with Crippen molar-refractivity contribution < 1.29 is 9.90 Å². The van der Waals surface area contributed by atoms with Gasteiger partial charge in [-0.3, -0.25) is 9.48 Å². The number of carbonyl (C=O) groups is 1. The van der Waals surface area contributed by atoms with Gasteiger partial charge in [-0.1, -0.05) is 6.07 Å². The summed E-state index contributed by atoms with van der Waals surface area (Å²) < 4.78 is 1.76. The van der Waals surface area contributed by atoms with Crippen LogP contribution in [0.15, 0.2) is 30.6 Å². The molecule has 0 spiro atoms. The molecular weight excluding hydrogens is 330 g/mol. The zero-order valence-electron chi connectivity index (χ0n) is 15.7. The van der Waals surface area contributed by atoms with Gasteiger partial charge in [0.1, 0.15) is 5.82 Å². The van der Waals surface area contributed by atoms with Crippen LogP contribution in [0.4, 0.5) is 5.82 Å². The van der Waals surface area contributed by atoms with Crippen molar-refractivity contribution in [2.75, 3.05) is 31.6 Å². The molecule has 1 fully saturated rings. The summed E-state index contributed by atoms with van der Waals surface area (Å²) in [6.45, 7) is 6.16. The SMILES string of the molecule is CCn1cc(C(=O)N(C)C[C@]2(O)CCCN(c3ccccn3)C2)c(C)n1. The van der Waals surface area contributed by atoms with E-state index in [2.05, 4.69) is 15.0 Å². The predicted molar refractivity (Wildman–Crippen MR) is 100 cm³/mol. The molecule has 3 heterocycles. The van der Waals surface area contributed by atoms with Crippen LogP contribution in [-0.2, 0) is 6.54 Å². The van der Waals surface area contributed by atoms with Gasteiger partial charge < -0.3 is 14.9 Å². The fraction of sp³-hybridized carbons (Fsp3) is 0.526. The van der Waals surface area contributed by atoms with E-state index in [4.69, 9.17) is 0 Å². The first-order valence-electron chi connectivity index (χ1n) is 9.10. The van der Waals surface area contributed by atoms with Crippen LogP contribution < -0.4 is 4.90 Å². The number of anilines is 1. The molecule has 1 aliphatic rings. The molecule has 3 rings (SSSR count). The van der Waals surface area contributed by atoms with Crippen molar-refractivity contribution in [2.45, 2.75) is 38.8 Å². The van der Waals surface area contributed by atoms with Gasteiger partial charge in [-0.25, -0.2) is 4.98 Å². The molecule has 0 unspecified atom stereocenters. The van der Waals surface area contributed by atoms with Crippen LogP contribution in [0.3, 0.4) is 0 Å². The highest BCUT2D eigenvalue weighted by atomic mass is 16.3. The molecule has 1 saturated heterocycles. The number of hydrogen-bond donors (Lipinski definition) is 1. The van der Waals surface area contributed by atoms with Gasteiger partial charge in [0.15, 0.2) is 0 Å². The van der Waals surface area contributed by atoms with Crippen LogP contribution in [0.1, 0.15) is 35.8 Å². The molecular formula is C19H27N5O2. The minimum atomic E-state index is -0.950. The van der Waals surface area contributed by atoms with Crippen molar-refractivity contribution in [1.29, 1.82) is 0 Å². The number of aromatic nitrogens is 3. The summed E-state index contributed by atoms with van der Waals surface area (Å²) in [6, 6.07) is 5.77. The molecule has 1 N–H and O–H groups in total. The lowest BCUT2D eigenvalue weighted by Gasteiger charge is -2.41. The number of likely N-dealkylation sites (N-methyl/N-ethyl adjacent to an activating group) is 1. The van der Waals surface area contributed by atoms with Gasteiger partial charge in [-0.15, -0.1) is 0 Å². The van der Waals surface area contributed by atoms with Crippen molar-refractivity contribution >= 4 is 11.7 Å². The highest BCUT2D eigenvalue weighted by Gasteiger charge is 2.36. The predicted octanol–water partition coefficient (Wildman–Crippen LogP) is 1.71. The second-order valence-electron chi connectivity index (χ2n) is 7.08. The van der Waals surface area contributed by atoms with Gasteiger partial charge in [-0.05, 0) is 38.8 Å². The summed E-state index contributed by atoms with van der Waals surface area (Å²) in [5.74, 6) is 0.755. The summed E-state index contributed by atoms with van der Waals surface area (Å²) in [7, 11) is 1.74. The van der Waals surface area contributed by atoms with Crippen molar-refractivity contribution in [1.82, 2.24) is 19.7 Å². The largest absolute Gasteiger partial charge is 0.386 e. The van der Waals surface area contributed by atoms with Gasteiger partial charge in [0.25, 0.3) is 5.91 Å². The monoisotopic (exact) mass is 357 g/mol. The van der Waals surface area contributed by atoms with Gasteiger partial charge in [-0.2, -0.15) is 5.10 Å². The minimum Gasteiger partial charge on any atom is -0.386 e. The second-order valence-corrected chi connectivity index (χ2v) is 7.08. The Bertz CT molecular complexity index is 761. The first-order valence-corrected chi connectivity index (χ1v) is 9.10. The van der Waals surface area contributed by atoms with E-state index in [1.807, 2.05) is 32.0 Å². The number of carbonyl (C=O) groups excluding carboxylic acids is 1. The second kappa shape index (κ2) is 7.45. The lowest BCUT2D eigenvalue weighted by molar-refractivity contribution is -0.000157. The summed E-state index contributed by atoms with van der Waals surface area (Å²) >= 11 is 0. The molecule has 0 saturated carbocycles. The molecule has 1 aliphatic heterocycles. The van der Waals surface area contributed by atoms with Crippen molar-refractivity contribution in [3.8, 4) is 0 Å². The fourth-order valence-electron chi connectivity index (χ4n) is 3.59. The number of β-amino-alcohol motifs (C(OH)–C–C–N with tert-alkyl or cyclic N) is 1. The Hall–Kier alpha value is -2.41. The molecule has 1 atom stereocenters. The Labute approximate surface area is 154 Å². The maximum Gasteiger partial charge on any atom is 0.257 e. The number of nitrogens with zero attached hydrogens (tertiary/aromatic N) is 5. The number of pyridine rings is 1. The molecule has 140 valence electrons. The van der Waals surface area contributed by atoms with Gasteiger partial charge in [0, 0.05) is 39.1 Å². The molecule has 1 amide bonds. The third-order valence-corrected chi connectivity index (χ3v) is 4.91. The third kappa shape index (κ3) is 3.88. The van der Waals surface area contributed by atoms with E-state index in [9.17, 15) is 9.90 Å². The van der Waals surface area contributed by atoms with Crippen molar-refractivity contribution in [3.63, 3.8) is 0 Å². The van der Waals surface area contributed by atoms with Gasteiger partial charge >= 0.3 is 0 Å². The number of piperidine rings is 1. The number of amides is 1. The third-order valence-electron chi connectivity index (χ3n) is 4.91. The van der Waals surface area contributed by atoms with E-state index in [1.54, 1.807) is 29.0 Å². The summed E-state index contributed by atoms with van der Waals surface area (Å²) in [5.41, 5.74) is 0.360. The molecule has 7 heteroatoms. The Kier molecular flexibility index (Phi) is 5.27. The fourth-order valence-corrected chi connectivity index (χ4v) is 3.59. The number of aliphatic hydroxyl groups is 1. The number of aryl methyl sites for hydroxylation is 2. The van der Waals surface area contributed by atoms with Crippen LogP contribution in [-0.4, -0.2) is 63.0 Å². The zero-order chi connectivity index (χ0) is 18.7. The van der Waals surface area contributed by atoms with Gasteiger partial charge in [0.2, 0.25) is 0 Å². The molecule has 0 bridgehead atoms. The van der Waals surface area contributed by atoms with Crippen LogP contribution in [0.25, 0.3) is 0 Å². The van der Waals surface area contributed by atoms with Gasteiger partial charge in [0.05, 0.1) is 23.4 Å². The van der Waals surface area contributed by atoms with Crippen LogP contribution in [0.5, 0.6) is 0 Å². The van der Waals surface area contributed by atoms with E-state index in [0.717, 1.165) is 31.0 Å². The molecule has 2 aromatic rings. The standard InChI is InChI=1S/C19H27N5O2/c1-4-24-12-16(15(2)21-24)18(25)22(3)13-19(26)9-7-11-23(14-19)17-8-5-6-10-20-17/h5-6,8,10,12,26H,4,7,9,11,13-14H2,1-3H3/t19-/m1/s1. The lowest BCUT2D eigenvalue weighted by Crippen LogP contribution is -2.54. The highest BCUT2D eigenvalue weighted by Crippen LogP contribution is 2.26. The summed E-state index contributed by atoms with van der Waals surface area (Å²) in [5, 5.41) is 15.4. The normalized spacial score (nSPS) is 20.2. The number of hydrogen-bond acceptors (Lipinski definition) is 5. The summed E-state index contributed by atoms with van der Waals surface area (Å²) in [4.78, 5) is 20.9. The molecule has 26 heavy (non-hydrogen) atoms. The van der Waals surface area contributed by atoms with Crippen LogP contribution in [0.2, 0.25) is 0 Å². The maximum absolute atomic E-state index is 12.8. The minimum absolute atomic E-state index is 0.106. The van der Waals surface area contributed by atoms with E-state index < -0.39 is 5.60 Å². The Balaban J connectivity index is 1.70. The Morgan fingerprint density at radius 1 is 1.42 bits per heavy atom. The first kappa shape index (κ1) is 18.4. The van der Waals surface area contributed by atoms with E-state index >= 15 is 0 Å². The molecule has 0 radical (unpaired) electrons. The lowest BCUT2D eigenvalue weighted by atomic mass is 9.92. The quantitative estimate of drug-likeness (QED) is 0.882. The van der Waals surface area contributed by atoms with Crippen LogP contribution >= 0.6 is 0 Å². The number of rotatable bonds is 5. The zero-order valence-corrected chi connectivity index (χ0v) is 15.7. The highest BCUT2D eigenvalue weighted by molar-refractivity contribution is 5.94. The average molecular weight is 357 g/mol. The first-order chi connectivity index (χ1) is 12.4. The molecule has 0 aromatic carbocycles. The Morgan fingerprint density at radius 3 is 2.88 bits per heavy atom. The topological polar surface area (TPSA) is 74.5 Å². The maximum atomic E-state index is 12.8. The van der Waals surface area contributed by atoms with Crippen LogP contribution in [0, 0.1) is 6.92 Å². The average Bonchev–Trinajstić information content (AvgIpc) is 3.02. The van der Waals surface area contributed by atoms with E-state index in [-0.39, 0.29) is 12.5 Å². The molecule has 2 aromatic heterocycles. The molecule has 7 nitrogen and oxygen atoms in total. The summed E-state index contributed by atoms with van der Waals surface area (Å²) in [6.07, 6.45) is 5.06. The molecule has 0 aliphatic carbocycles. The Morgan fingerprint density at radius 2 is 2.23 bits per heavy atom. The van der Waals surface area contributed by atoms with E-state index in [0.29, 0.717) is 18.5 Å². The van der Waals surface area contributed by atoms with E-state index in [1.165, 1.54) is 0 Å². The van der Waals surface area contributed by atoms with Crippen molar-refractivity contribution in [3.05, 3.63) is 41.9 Å².